The van der Waals surface area contributed by atoms with E-state index in [-0.39, 0.29) is 24.8 Å². The number of allylic oxidation sites excluding steroid dienone is 9. The summed E-state index contributed by atoms with van der Waals surface area (Å²) in [7, 11) is -10.9. The first-order valence-corrected chi connectivity index (χ1v) is 28.4. The number of unbranched alkanes of at least 4 members (excludes halogenated alkanes) is 13. The van der Waals surface area contributed by atoms with Crippen molar-refractivity contribution in [3.05, 3.63) is 83.5 Å². The van der Waals surface area contributed by atoms with Gasteiger partial charge in [-0.3, -0.25) is 23.2 Å². The number of aliphatic hydroxyl groups excluding tert-OH is 3. The molecule has 7 N–H and O–H groups in total. The Kier molecular flexibility index (Phi) is 34.1. The van der Waals surface area contributed by atoms with Crippen molar-refractivity contribution in [1.29, 1.82) is 0 Å². The maximum absolute atomic E-state index is 12.9. The normalized spacial score (nSPS) is 20.1. The molecule has 1 aromatic heterocycles. The van der Waals surface area contributed by atoms with E-state index in [0.29, 0.717) is 19.3 Å². The van der Waals surface area contributed by atoms with Crippen molar-refractivity contribution in [3.63, 3.8) is 0 Å². The highest BCUT2D eigenvalue weighted by Gasteiger charge is 2.46. The Balaban J connectivity index is 1.84. The standard InChI is InChI=1S/C50H83N3O16P2/c1-3-5-7-8-9-10-11-12-13-14-19-22-25-28-31-35-46(56)67-42(38-64-45(55)34-30-27-24-21-18-16-15-17-20-23-26-29-33-41(54)32-6-4-2)39-65-70(60,61)69-71(62,63)66-40-43-47(57)48(58)49(68-43)53-37-36-44(51)52-50(53)59/h12-13,15-16,20-21,23-24,29,33,36-37,41-43,47-49,54,57-58H,3-11,14,17-19,22,25-28,30-32,34-35,38-40H2,1-2H3,(H,60,61)(H,62,63)(H2,51,52,59)/b13-12-,16-15-,23-20-,24-21-,33-29-/t41-,42+,43+,47+,48+,49+/m0/s1. The zero-order valence-corrected chi connectivity index (χ0v) is 43.7. The number of aromatic nitrogens is 2. The fraction of sp³-hybridized carbons (Fsp3) is 0.680. The van der Waals surface area contributed by atoms with Gasteiger partial charge in [-0.25, -0.2) is 13.9 Å². The van der Waals surface area contributed by atoms with Crippen LogP contribution in [0.1, 0.15) is 168 Å². The number of phosphoric acid groups is 2. The number of rotatable bonds is 41. The molecule has 19 nitrogen and oxygen atoms in total. The molecule has 0 amide bonds. The van der Waals surface area contributed by atoms with Gasteiger partial charge in [0.05, 0.1) is 19.3 Å². The van der Waals surface area contributed by atoms with E-state index in [0.717, 1.165) is 87.8 Å². The number of esters is 2. The van der Waals surface area contributed by atoms with Crippen molar-refractivity contribution < 1.29 is 71.4 Å². The second-order valence-electron chi connectivity index (χ2n) is 17.5. The number of carbonyl (C=O) groups excluding carboxylic acids is 2. The molecule has 0 aromatic carbocycles. The van der Waals surface area contributed by atoms with Gasteiger partial charge in [0.1, 0.15) is 30.7 Å². The van der Waals surface area contributed by atoms with Gasteiger partial charge in [-0.15, -0.1) is 0 Å². The lowest BCUT2D eigenvalue weighted by Gasteiger charge is -2.21. The van der Waals surface area contributed by atoms with Crippen LogP contribution in [0, 0.1) is 0 Å². The third-order valence-corrected chi connectivity index (χ3v) is 13.7. The van der Waals surface area contributed by atoms with Crippen molar-refractivity contribution in [1.82, 2.24) is 9.55 Å². The van der Waals surface area contributed by atoms with Gasteiger partial charge in [-0.2, -0.15) is 9.29 Å². The molecule has 1 aromatic rings. The van der Waals surface area contributed by atoms with E-state index in [1.54, 1.807) is 0 Å². The van der Waals surface area contributed by atoms with Crippen LogP contribution in [0.15, 0.2) is 77.8 Å². The van der Waals surface area contributed by atoms with Crippen LogP contribution in [-0.4, -0.2) is 96.9 Å². The molecule has 71 heavy (non-hydrogen) atoms. The Morgan fingerprint density at radius 1 is 0.732 bits per heavy atom. The fourth-order valence-electron chi connectivity index (χ4n) is 7.14. The number of aliphatic hydroxyl groups is 3. The Hall–Kier alpha value is -3.58. The molecule has 2 rings (SSSR count). The minimum absolute atomic E-state index is 0.0184. The molecule has 1 aliphatic rings. The number of anilines is 1. The molecule has 1 aliphatic heterocycles. The molecule has 0 spiro atoms. The molecule has 2 heterocycles. The first-order chi connectivity index (χ1) is 34.1. The second-order valence-corrected chi connectivity index (χ2v) is 20.5. The van der Waals surface area contributed by atoms with E-state index < -0.39 is 83.7 Å². The van der Waals surface area contributed by atoms with Gasteiger partial charge in [0.2, 0.25) is 0 Å². The Bertz CT molecular complexity index is 1940. The van der Waals surface area contributed by atoms with E-state index in [4.69, 9.17) is 29.0 Å². The van der Waals surface area contributed by atoms with Crippen LogP contribution in [0.3, 0.4) is 0 Å². The molecule has 21 heteroatoms. The summed E-state index contributed by atoms with van der Waals surface area (Å²) in [5.74, 6) is -1.40. The van der Waals surface area contributed by atoms with Gasteiger partial charge in [0, 0.05) is 19.0 Å². The number of carbonyl (C=O) groups is 2. The average Bonchev–Trinajstić information content (AvgIpc) is 3.60. The van der Waals surface area contributed by atoms with E-state index in [1.165, 1.54) is 44.6 Å². The van der Waals surface area contributed by atoms with E-state index in [2.05, 4.69) is 53.5 Å². The third-order valence-electron chi connectivity index (χ3n) is 11.1. The molecule has 2 unspecified atom stereocenters. The van der Waals surface area contributed by atoms with E-state index in [1.807, 2.05) is 30.4 Å². The number of nitrogen functional groups attached to an aromatic ring is 1. The molecule has 0 radical (unpaired) electrons. The average molecular weight is 1040 g/mol. The summed E-state index contributed by atoms with van der Waals surface area (Å²) in [5, 5.41) is 30.8. The van der Waals surface area contributed by atoms with Gasteiger partial charge in [-0.05, 0) is 76.7 Å². The summed E-state index contributed by atoms with van der Waals surface area (Å²) >= 11 is 0. The lowest BCUT2D eigenvalue weighted by Crippen LogP contribution is -2.36. The largest absolute Gasteiger partial charge is 0.481 e. The number of nitrogens with two attached hydrogens (primary N) is 1. The number of nitrogens with zero attached hydrogens (tertiary/aromatic N) is 2. The quantitative estimate of drug-likeness (QED) is 0.0154. The van der Waals surface area contributed by atoms with Crippen molar-refractivity contribution in [3.8, 4) is 0 Å². The predicted octanol–water partition coefficient (Wildman–Crippen LogP) is 9.30. The van der Waals surface area contributed by atoms with Crippen LogP contribution in [0.25, 0.3) is 0 Å². The number of ether oxygens (including phenoxy) is 3. The number of hydrogen-bond acceptors (Lipinski definition) is 16. The molecular formula is C50H83N3O16P2. The minimum Gasteiger partial charge on any atom is -0.462 e. The molecule has 0 bridgehead atoms. The lowest BCUT2D eigenvalue weighted by molar-refractivity contribution is -0.161. The van der Waals surface area contributed by atoms with E-state index in [9.17, 15) is 48.6 Å². The summed E-state index contributed by atoms with van der Waals surface area (Å²) in [5.41, 5.74) is 4.58. The Morgan fingerprint density at radius 2 is 1.28 bits per heavy atom. The summed E-state index contributed by atoms with van der Waals surface area (Å²) < 4.78 is 56.7. The predicted molar refractivity (Wildman–Crippen MR) is 272 cm³/mol. The smallest absolute Gasteiger partial charge is 0.462 e. The molecule has 1 saturated heterocycles. The van der Waals surface area contributed by atoms with Gasteiger partial charge in [0.25, 0.3) is 0 Å². The van der Waals surface area contributed by atoms with Crippen LogP contribution in [0.4, 0.5) is 5.82 Å². The Morgan fingerprint density at radius 3 is 1.93 bits per heavy atom. The number of hydrogen-bond donors (Lipinski definition) is 6. The zero-order valence-electron chi connectivity index (χ0n) is 41.9. The zero-order chi connectivity index (χ0) is 52.2. The van der Waals surface area contributed by atoms with Crippen LogP contribution < -0.4 is 11.4 Å². The third kappa shape index (κ3) is 30.9. The van der Waals surface area contributed by atoms with Gasteiger partial charge in [-0.1, -0.05) is 139 Å². The topological polar surface area (TPSA) is 286 Å². The van der Waals surface area contributed by atoms with Gasteiger partial charge >= 0.3 is 33.3 Å². The van der Waals surface area contributed by atoms with Crippen molar-refractivity contribution >= 4 is 33.4 Å². The lowest BCUT2D eigenvalue weighted by atomic mass is 10.1. The summed E-state index contributed by atoms with van der Waals surface area (Å²) in [4.78, 5) is 61.9. The van der Waals surface area contributed by atoms with Crippen LogP contribution in [0.2, 0.25) is 0 Å². The first kappa shape index (κ1) is 63.5. The summed E-state index contributed by atoms with van der Waals surface area (Å²) in [6.07, 6.45) is 33.5. The number of phosphoric ester groups is 2. The van der Waals surface area contributed by atoms with Crippen LogP contribution in [-0.2, 0) is 46.3 Å². The maximum atomic E-state index is 12.9. The molecule has 0 saturated carbocycles. The van der Waals surface area contributed by atoms with Crippen molar-refractivity contribution in [2.24, 2.45) is 0 Å². The van der Waals surface area contributed by atoms with Gasteiger partial charge in [0.15, 0.2) is 12.3 Å². The Labute approximate surface area is 420 Å². The molecule has 1 fully saturated rings. The highest BCUT2D eigenvalue weighted by molar-refractivity contribution is 7.61. The van der Waals surface area contributed by atoms with Crippen molar-refractivity contribution in [2.45, 2.75) is 198 Å². The highest BCUT2D eigenvalue weighted by Crippen LogP contribution is 2.60. The van der Waals surface area contributed by atoms with Crippen molar-refractivity contribution in [2.75, 3.05) is 25.6 Å². The summed E-state index contributed by atoms with van der Waals surface area (Å²) in [6, 6.07) is 1.24. The van der Waals surface area contributed by atoms with Gasteiger partial charge < -0.3 is 45.1 Å². The minimum atomic E-state index is -5.44. The molecule has 8 atom stereocenters. The van der Waals surface area contributed by atoms with E-state index >= 15 is 0 Å². The second kappa shape index (κ2) is 38.1. The SMILES string of the molecule is CCCCCCCC/C=C\CCCCCCCC(=O)O[C@H](COC(=O)CCC/C=C\C/C=C\C/C=C\C/C=C\[C@@H](O)CCCC)COP(=O)(O)OP(=O)(O)OC[C@H]1O[C@@H](n2ccc(N)nc2=O)[C@H](O)[C@@H]1O. The monoisotopic (exact) mass is 1040 g/mol. The van der Waals surface area contributed by atoms with Crippen LogP contribution >= 0.6 is 15.6 Å². The highest BCUT2D eigenvalue weighted by atomic mass is 31.3. The first-order valence-electron chi connectivity index (χ1n) is 25.4. The molecule has 0 aliphatic carbocycles. The summed E-state index contributed by atoms with van der Waals surface area (Å²) in [6.45, 7) is 1.92. The molecule has 404 valence electrons. The van der Waals surface area contributed by atoms with Crippen LogP contribution in [0.5, 0.6) is 0 Å². The molecular weight excluding hydrogens is 961 g/mol. The fourth-order valence-corrected chi connectivity index (χ4v) is 9.25. The maximum Gasteiger partial charge on any atom is 0.481 e.